The molecule has 0 aromatic carbocycles. The quantitative estimate of drug-likeness (QED) is 0.771. The lowest BCUT2D eigenvalue weighted by Crippen LogP contribution is -2.34. The zero-order valence-corrected chi connectivity index (χ0v) is 12.0. The maximum absolute atomic E-state index is 12.3. The molecule has 0 aliphatic heterocycles. The van der Waals surface area contributed by atoms with Crippen LogP contribution in [0.1, 0.15) is 26.3 Å². The maximum atomic E-state index is 12.3. The summed E-state index contributed by atoms with van der Waals surface area (Å²) in [6.07, 6.45) is 9.52. The molecule has 0 unspecified atom stereocenters. The van der Waals surface area contributed by atoms with Crippen LogP contribution < -0.4 is 0 Å². The Bertz CT molecular complexity index is 506. The Kier molecular flexibility index (Phi) is 4.92. The molecule has 0 spiro atoms. The molecular weight excluding hydrogens is 254 g/mol. The van der Waals surface area contributed by atoms with E-state index in [9.17, 15) is 4.79 Å². The van der Waals surface area contributed by atoms with Crippen molar-refractivity contribution in [2.45, 2.75) is 32.9 Å². The number of hydrogen-bond donors (Lipinski definition) is 0. The monoisotopic (exact) mass is 275 g/mol. The van der Waals surface area contributed by atoms with Crippen LogP contribution >= 0.6 is 0 Å². The first-order valence-electron chi connectivity index (χ1n) is 6.93. The second kappa shape index (κ2) is 6.88. The topological polar surface area (TPSA) is 56.0 Å². The number of nitrogens with zero attached hydrogens (tertiary/aromatic N) is 5. The van der Waals surface area contributed by atoms with Gasteiger partial charge in [-0.3, -0.25) is 9.48 Å². The highest BCUT2D eigenvalue weighted by molar-refractivity contribution is 5.76. The van der Waals surface area contributed by atoms with E-state index in [1.54, 1.807) is 18.7 Å². The van der Waals surface area contributed by atoms with Crippen molar-refractivity contribution in [2.75, 3.05) is 13.1 Å². The van der Waals surface area contributed by atoms with E-state index in [2.05, 4.69) is 10.1 Å². The largest absolute Gasteiger partial charge is 0.341 e. The van der Waals surface area contributed by atoms with Crippen molar-refractivity contribution in [3.05, 3.63) is 37.2 Å². The summed E-state index contributed by atoms with van der Waals surface area (Å²) in [5, 5.41) is 4.15. The van der Waals surface area contributed by atoms with Gasteiger partial charge in [0.05, 0.1) is 12.9 Å². The lowest BCUT2D eigenvalue weighted by atomic mass is 10.2. The molecule has 0 bridgehead atoms. The normalized spacial score (nSPS) is 12.3. The zero-order valence-electron chi connectivity index (χ0n) is 12.0. The molecule has 0 aliphatic carbocycles. The SMILES string of the molecule is CCN(CCn1cccn1)C(=O)C[C@@H](C)n1ccnc1. The molecule has 6 nitrogen and oxygen atoms in total. The Balaban J connectivity index is 1.85. The van der Waals surface area contributed by atoms with Crippen molar-refractivity contribution >= 4 is 5.91 Å². The minimum Gasteiger partial charge on any atom is -0.341 e. The van der Waals surface area contributed by atoms with E-state index in [1.165, 1.54) is 0 Å². The molecule has 0 radical (unpaired) electrons. The van der Waals surface area contributed by atoms with E-state index in [0.29, 0.717) is 13.0 Å². The number of likely N-dealkylation sites (N-methyl/N-ethyl adjacent to an activating group) is 1. The lowest BCUT2D eigenvalue weighted by molar-refractivity contribution is -0.131. The minimum absolute atomic E-state index is 0.128. The molecule has 1 amide bonds. The van der Waals surface area contributed by atoms with Crippen LogP contribution in [0.25, 0.3) is 0 Å². The molecule has 0 aliphatic rings. The number of rotatable bonds is 7. The van der Waals surface area contributed by atoms with Crippen LogP contribution in [-0.2, 0) is 11.3 Å². The van der Waals surface area contributed by atoms with E-state index in [1.807, 2.05) is 46.5 Å². The Morgan fingerprint density at radius 3 is 2.80 bits per heavy atom. The smallest absolute Gasteiger partial charge is 0.224 e. The van der Waals surface area contributed by atoms with Gasteiger partial charge in [0.2, 0.25) is 5.91 Å². The summed E-state index contributed by atoms with van der Waals surface area (Å²) in [6.45, 7) is 6.17. The Morgan fingerprint density at radius 2 is 2.20 bits per heavy atom. The van der Waals surface area contributed by atoms with Crippen molar-refractivity contribution < 1.29 is 4.79 Å². The van der Waals surface area contributed by atoms with Gasteiger partial charge in [0.15, 0.2) is 0 Å². The van der Waals surface area contributed by atoms with Crippen LogP contribution in [0.2, 0.25) is 0 Å². The second-order valence-corrected chi connectivity index (χ2v) is 4.81. The molecule has 2 aromatic heterocycles. The average molecular weight is 275 g/mol. The summed E-state index contributed by atoms with van der Waals surface area (Å²) in [6, 6.07) is 2.02. The van der Waals surface area contributed by atoms with Gasteiger partial charge < -0.3 is 9.47 Å². The Morgan fingerprint density at radius 1 is 1.35 bits per heavy atom. The van der Waals surface area contributed by atoms with Crippen molar-refractivity contribution in [1.29, 1.82) is 0 Å². The Hall–Kier alpha value is -2.11. The molecule has 0 saturated heterocycles. The first-order chi connectivity index (χ1) is 9.70. The van der Waals surface area contributed by atoms with Crippen molar-refractivity contribution in [2.24, 2.45) is 0 Å². The van der Waals surface area contributed by atoms with Gasteiger partial charge in [-0.15, -0.1) is 0 Å². The van der Waals surface area contributed by atoms with E-state index in [0.717, 1.165) is 13.1 Å². The molecule has 6 heteroatoms. The van der Waals surface area contributed by atoms with Crippen molar-refractivity contribution in [3.63, 3.8) is 0 Å². The number of amides is 1. The van der Waals surface area contributed by atoms with Gasteiger partial charge in [0.1, 0.15) is 0 Å². The van der Waals surface area contributed by atoms with Gasteiger partial charge in [0.25, 0.3) is 0 Å². The summed E-state index contributed by atoms with van der Waals surface area (Å²) in [7, 11) is 0. The van der Waals surface area contributed by atoms with Crippen LogP contribution in [0.5, 0.6) is 0 Å². The Labute approximate surface area is 119 Å². The minimum atomic E-state index is 0.128. The van der Waals surface area contributed by atoms with Gasteiger partial charge >= 0.3 is 0 Å². The van der Waals surface area contributed by atoms with E-state index < -0.39 is 0 Å². The predicted octanol–water partition coefficient (Wildman–Crippen LogP) is 1.58. The third kappa shape index (κ3) is 3.69. The van der Waals surface area contributed by atoms with Gasteiger partial charge in [-0.05, 0) is 19.9 Å². The first kappa shape index (κ1) is 14.3. The fourth-order valence-corrected chi connectivity index (χ4v) is 2.13. The lowest BCUT2D eigenvalue weighted by Gasteiger charge is -2.23. The fourth-order valence-electron chi connectivity index (χ4n) is 2.13. The summed E-state index contributed by atoms with van der Waals surface area (Å²) >= 11 is 0. The summed E-state index contributed by atoms with van der Waals surface area (Å²) < 4.78 is 3.80. The highest BCUT2D eigenvalue weighted by Gasteiger charge is 2.16. The van der Waals surface area contributed by atoms with Crippen LogP contribution in [0.3, 0.4) is 0 Å². The standard InChI is InChI=1S/C14H21N5O/c1-3-17(9-10-19-7-4-5-16-19)14(20)11-13(2)18-8-6-15-12-18/h4-8,12-13H,3,9-11H2,1-2H3/t13-/m1/s1. The van der Waals surface area contributed by atoms with E-state index >= 15 is 0 Å². The first-order valence-corrected chi connectivity index (χ1v) is 6.93. The molecule has 1 atom stereocenters. The highest BCUT2D eigenvalue weighted by Crippen LogP contribution is 2.11. The third-order valence-electron chi connectivity index (χ3n) is 3.40. The number of hydrogen-bond acceptors (Lipinski definition) is 3. The van der Waals surface area contributed by atoms with Crippen LogP contribution in [0.15, 0.2) is 37.2 Å². The molecule has 2 rings (SSSR count). The summed E-state index contributed by atoms with van der Waals surface area (Å²) in [5.74, 6) is 0.167. The molecule has 2 heterocycles. The van der Waals surface area contributed by atoms with Gasteiger partial charge in [-0.2, -0.15) is 5.10 Å². The molecule has 0 fully saturated rings. The summed E-state index contributed by atoms with van der Waals surface area (Å²) in [4.78, 5) is 18.2. The number of aromatic nitrogens is 4. The average Bonchev–Trinajstić information content (AvgIpc) is 3.12. The molecule has 20 heavy (non-hydrogen) atoms. The third-order valence-corrected chi connectivity index (χ3v) is 3.40. The second-order valence-electron chi connectivity index (χ2n) is 4.81. The van der Waals surface area contributed by atoms with Crippen LogP contribution in [0, 0.1) is 0 Å². The maximum Gasteiger partial charge on any atom is 0.224 e. The van der Waals surface area contributed by atoms with Gasteiger partial charge in [-0.1, -0.05) is 0 Å². The molecular formula is C14H21N5O. The van der Waals surface area contributed by atoms with E-state index in [4.69, 9.17) is 0 Å². The van der Waals surface area contributed by atoms with Crippen molar-refractivity contribution in [1.82, 2.24) is 24.2 Å². The van der Waals surface area contributed by atoms with Crippen LogP contribution in [-0.4, -0.2) is 43.2 Å². The predicted molar refractivity (Wildman–Crippen MR) is 76.0 cm³/mol. The van der Waals surface area contributed by atoms with Crippen LogP contribution in [0.4, 0.5) is 0 Å². The summed E-state index contributed by atoms with van der Waals surface area (Å²) in [5.41, 5.74) is 0. The van der Waals surface area contributed by atoms with Gasteiger partial charge in [0, 0.05) is 50.3 Å². The molecule has 2 aromatic rings. The fraction of sp³-hybridized carbons (Fsp3) is 0.500. The molecule has 0 saturated carbocycles. The molecule has 108 valence electrons. The van der Waals surface area contributed by atoms with E-state index in [-0.39, 0.29) is 11.9 Å². The van der Waals surface area contributed by atoms with Gasteiger partial charge in [-0.25, -0.2) is 4.98 Å². The number of carbonyl (C=O) groups excluding carboxylic acids is 1. The number of carbonyl (C=O) groups is 1. The number of imidazole rings is 1. The zero-order chi connectivity index (χ0) is 14.4. The highest BCUT2D eigenvalue weighted by atomic mass is 16.2. The van der Waals surface area contributed by atoms with Crippen molar-refractivity contribution in [3.8, 4) is 0 Å². The molecule has 0 N–H and O–H groups in total.